The van der Waals surface area contributed by atoms with Gasteiger partial charge in [-0.3, -0.25) is 15.0 Å². The van der Waals surface area contributed by atoms with Crippen LogP contribution in [0.4, 0.5) is 16.2 Å². The fourth-order valence-corrected chi connectivity index (χ4v) is 3.65. The average Bonchev–Trinajstić information content (AvgIpc) is 2.61. The van der Waals surface area contributed by atoms with Gasteiger partial charge < -0.3 is 14.8 Å². The van der Waals surface area contributed by atoms with Gasteiger partial charge in [0, 0.05) is 24.1 Å². The molecule has 0 aliphatic carbocycles. The Labute approximate surface area is 149 Å². The molecule has 0 aromatic heterocycles. The molecule has 1 saturated heterocycles. The van der Waals surface area contributed by atoms with Crippen LogP contribution in [0.15, 0.2) is 42.5 Å². The third kappa shape index (κ3) is 2.33. The molecule has 0 radical (unpaired) electrons. The summed E-state index contributed by atoms with van der Waals surface area (Å²) in [5, 5.41) is 14.0. The molecule has 134 valence electrons. The highest BCUT2D eigenvalue weighted by molar-refractivity contribution is 5.96. The van der Waals surface area contributed by atoms with Crippen molar-refractivity contribution in [3.63, 3.8) is 0 Å². The summed E-state index contributed by atoms with van der Waals surface area (Å²) in [4.78, 5) is 25.0. The second-order valence-corrected chi connectivity index (χ2v) is 6.47. The number of hydrogen-bond acceptors (Lipinski definition) is 5. The largest absolute Gasteiger partial charge is 0.495 e. The van der Waals surface area contributed by atoms with Gasteiger partial charge in [0.25, 0.3) is 5.69 Å². The topological polar surface area (TPSA) is 93.9 Å². The molecule has 8 nitrogen and oxygen atoms in total. The molecule has 2 atom stereocenters. The first-order chi connectivity index (χ1) is 12.4. The first-order valence-electron chi connectivity index (χ1n) is 8.14. The van der Waals surface area contributed by atoms with E-state index in [4.69, 9.17) is 9.47 Å². The molecule has 26 heavy (non-hydrogen) atoms. The summed E-state index contributed by atoms with van der Waals surface area (Å²) in [6.45, 7) is 1.83. The van der Waals surface area contributed by atoms with E-state index in [0.717, 1.165) is 0 Å². The van der Waals surface area contributed by atoms with Crippen molar-refractivity contribution in [1.29, 1.82) is 0 Å². The quantitative estimate of drug-likeness (QED) is 0.673. The Hall–Kier alpha value is -3.29. The number of nitro benzene ring substituents is 1. The van der Waals surface area contributed by atoms with Crippen LogP contribution in [0.3, 0.4) is 0 Å². The molecule has 2 bridgehead atoms. The number of rotatable bonds is 3. The second-order valence-electron chi connectivity index (χ2n) is 6.47. The molecule has 2 heterocycles. The Kier molecular flexibility index (Phi) is 3.50. The molecule has 1 fully saturated rings. The summed E-state index contributed by atoms with van der Waals surface area (Å²) in [5.74, 6) is 1.08. The second kappa shape index (κ2) is 5.62. The highest BCUT2D eigenvalue weighted by Crippen LogP contribution is 2.47. The first-order valence-corrected chi connectivity index (χ1v) is 8.14. The Bertz CT molecular complexity index is 915. The van der Waals surface area contributed by atoms with Crippen LogP contribution in [-0.4, -0.2) is 23.8 Å². The van der Waals surface area contributed by atoms with Crippen molar-refractivity contribution >= 4 is 17.4 Å². The van der Waals surface area contributed by atoms with Crippen LogP contribution >= 0.6 is 0 Å². The molecule has 2 aromatic rings. The number of benzene rings is 2. The number of nitrogens with one attached hydrogen (secondary N) is 1. The number of non-ortho nitro benzene ring substituents is 1. The molecular weight excluding hydrogens is 338 g/mol. The molecule has 8 heteroatoms. The van der Waals surface area contributed by atoms with Crippen LogP contribution in [0.25, 0.3) is 0 Å². The summed E-state index contributed by atoms with van der Waals surface area (Å²) in [6.07, 6.45) is 0.449. The van der Waals surface area contributed by atoms with Gasteiger partial charge in [-0.2, -0.15) is 0 Å². The van der Waals surface area contributed by atoms with Crippen LogP contribution < -0.4 is 19.7 Å². The predicted molar refractivity (Wildman–Crippen MR) is 93.5 cm³/mol. The number of carbonyl (C=O) groups is 1. The van der Waals surface area contributed by atoms with Crippen molar-refractivity contribution in [2.45, 2.75) is 25.1 Å². The van der Waals surface area contributed by atoms with Gasteiger partial charge in [-0.1, -0.05) is 12.1 Å². The van der Waals surface area contributed by atoms with Gasteiger partial charge in [-0.05, 0) is 25.1 Å². The van der Waals surface area contributed by atoms with Gasteiger partial charge in [-0.15, -0.1) is 0 Å². The number of methoxy groups -OCH3 is 1. The van der Waals surface area contributed by atoms with Crippen molar-refractivity contribution in [3.8, 4) is 11.5 Å². The SMILES string of the molecule is COc1ccccc1N1C(=O)NC2CC1(C)Oc1ccc([N+](=O)[O-])cc12. The van der Waals surface area contributed by atoms with E-state index in [9.17, 15) is 14.9 Å². The predicted octanol–water partition coefficient (Wildman–Crippen LogP) is 3.37. The third-order valence-electron chi connectivity index (χ3n) is 4.79. The average molecular weight is 355 g/mol. The summed E-state index contributed by atoms with van der Waals surface area (Å²) in [7, 11) is 1.54. The zero-order valence-corrected chi connectivity index (χ0v) is 14.3. The number of hydrogen-bond donors (Lipinski definition) is 1. The minimum Gasteiger partial charge on any atom is -0.495 e. The number of amides is 2. The molecule has 2 aliphatic heterocycles. The van der Waals surface area contributed by atoms with Crippen molar-refractivity contribution in [2.24, 2.45) is 0 Å². The molecule has 0 spiro atoms. The fraction of sp³-hybridized carbons (Fsp3) is 0.278. The van der Waals surface area contributed by atoms with Crippen molar-refractivity contribution < 1.29 is 19.2 Å². The van der Waals surface area contributed by atoms with Gasteiger partial charge in [-0.25, -0.2) is 4.79 Å². The van der Waals surface area contributed by atoms with E-state index in [1.807, 2.05) is 19.1 Å². The van der Waals surface area contributed by atoms with Gasteiger partial charge in [0.05, 0.1) is 23.8 Å². The van der Waals surface area contributed by atoms with Crippen molar-refractivity contribution in [2.75, 3.05) is 12.0 Å². The molecule has 2 aliphatic rings. The van der Waals surface area contributed by atoms with E-state index in [2.05, 4.69) is 5.32 Å². The molecule has 2 amide bonds. The lowest BCUT2D eigenvalue weighted by Crippen LogP contribution is -2.65. The van der Waals surface area contributed by atoms with E-state index in [1.165, 1.54) is 17.0 Å². The number of fused-ring (bicyclic) bond motifs is 4. The summed E-state index contributed by atoms with van der Waals surface area (Å²) < 4.78 is 11.5. The monoisotopic (exact) mass is 355 g/mol. The summed E-state index contributed by atoms with van der Waals surface area (Å²) in [5.41, 5.74) is 0.242. The fourth-order valence-electron chi connectivity index (χ4n) is 3.65. The maximum absolute atomic E-state index is 12.9. The standard InChI is InChI=1S/C18H17N3O5/c1-18-10-13(12-9-11(21(23)24)7-8-15(12)26-18)19-17(22)20(18)14-5-3-4-6-16(14)25-2/h3-9,13H,10H2,1-2H3,(H,19,22). The van der Waals surface area contributed by atoms with Crippen molar-refractivity contribution in [3.05, 3.63) is 58.1 Å². The molecule has 0 saturated carbocycles. The Morgan fingerprint density at radius 3 is 2.85 bits per heavy atom. The number of nitro groups is 1. The van der Waals surface area contributed by atoms with Gasteiger partial charge in [0.2, 0.25) is 0 Å². The number of nitrogens with zero attached hydrogens (tertiary/aromatic N) is 2. The van der Waals surface area contributed by atoms with E-state index in [-0.39, 0.29) is 17.8 Å². The molecular formula is C18H17N3O5. The number of anilines is 1. The third-order valence-corrected chi connectivity index (χ3v) is 4.79. The maximum atomic E-state index is 12.9. The van der Waals surface area contributed by atoms with E-state index < -0.39 is 10.6 Å². The zero-order chi connectivity index (χ0) is 18.5. The molecule has 2 aromatic carbocycles. The Balaban J connectivity index is 1.80. The minimum absolute atomic E-state index is 0.0302. The van der Waals surface area contributed by atoms with Crippen LogP contribution in [0.2, 0.25) is 0 Å². The molecule has 4 rings (SSSR count). The van der Waals surface area contributed by atoms with E-state index >= 15 is 0 Å². The highest BCUT2D eigenvalue weighted by Gasteiger charge is 2.50. The zero-order valence-electron chi connectivity index (χ0n) is 14.3. The molecule has 2 unspecified atom stereocenters. The number of ether oxygens (including phenoxy) is 2. The summed E-state index contributed by atoms with van der Waals surface area (Å²) in [6, 6.07) is 10.9. The first kappa shape index (κ1) is 16.2. The molecule has 1 N–H and O–H groups in total. The van der Waals surface area contributed by atoms with E-state index in [0.29, 0.717) is 29.2 Å². The Morgan fingerprint density at radius 2 is 2.12 bits per heavy atom. The number of para-hydroxylation sites is 2. The smallest absolute Gasteiger partial charge is 0.325 e. The van der Waals surface area contributed by atoms with Crippen LogP contribution in [-0.2, 0) is 0 Å². The van der Waals surface area contributed by atoms with Gasteiger partial charge in [0.1, 0.15) is 11.5 Å². The van der Waals surface area contributed by atoms with Crippen LogP contribution in [0, 0.1) is 10.1 Å². The lowest BCUT2D eigenvalue weighted by molar-refractivity contribution is -0.385. The van der Waals surface area contributed by atoms with Crippen molar-refractivity contribution in [1.82, 2.24) is 5.32 Å². The lowest BCUT2D eigenvalue weighted by atomic mass is 9.90. The maximum Gasteiger partial charge on any atom is 0.325 e. The number of carbonyl (C=O) groups excluding carboxylic acids is 1. The van der Waals surface area contributed by atoms with Gasteiger partial charge in [0.15, 0.2) is 5.72 Å². The van der Waals surface area contributed by atoms with E-state index in [1.54, 1.807) is 25.3 Å². The lowest BCUT2D eigenvalue weighted by Gasteiger charge is -2.50. The summed E-state index contributed by atoms with van der Waals surface area (Å²) >= 11 is 0. The van der Waals surface area contributed by atoms with Gasteiger partial charge >= 0.3 is 6.03 Å². The van der Waals surface area contributed by atoms with Crippen LogP contribution in [0.1, 0.15) is 24.9 Å². The normalized spacial score (nSPS) is 23.5. The minimum atomic E-state index is -0.940. The van der Waals surface area contributed by atoms with Crippen LogP contribution in [0.5, 0.6) is 11.5 Å². The highest BCUT2D eigenvalue weighted by atomic mass is 16.6. The Morgan fingerprint density at radius 1 is 1.35 bits per heavy atom. The number of urea groups is 1.